The molecule has 0 bridgehead atoms. The third-order valence-electron chi connectivity index (χ3n) is 5.64. The molecule has 0 saturated heterocycles. The number of ether oxygens (including phenoxy) is 1. The van der Waals surface area contributed by atoms with E-state index in [4.69, 9.17) is 27.9 Å². The number of nitrogens with zero attached hydrogens (tertiary/aromatic N) is 1. The third kappa shape index (κ3) is 6.88. The van der Waals surface area contributed by atoms with Crippen LogP contribution in [0.2, 0.25) is 10.0 Å². The second-order valence-corrected chi connectivity index (χ2v) is 9.09. The minimum Gasteiger partial charge on any atom is -0.483 e. The monoisotopic (exact) mass is 478 g/mol. The van der Waals surface area contributed by atoms with E-state index in [0.717, 1.165) is 23.1 Å². The summed E-state index contributed by atoms with van der Waals surface area (Å²) < 4.78 is 5.88. The van der Waals surface area contributed by atoms with Crippen molar-refractivity contribution in [1.82, 2.24) is 10.2 Å². The number of aryl methyl sites for hydroxylation is 2. The molecule has 2 rings (SSSR count). The number of hydrogen-bond acceptors (Lipinski definition) is 3. The van der Waals surface area contributed by atoms with Crippen LogP contribution in [0.5, 0.6) is 5.75 Å². The number of carbonyl (C=O) groups is 2. The quantitative estimate of drug-likeness (QED) is 0.507. The van der Waals surface area contributed by atoms with Gasteiger partial charge < -0.3 is 15.0 Å². The molecule has 2 amide bonds. The van der Waals surface area contributed by atoms with E-state index >= 15 is 0 Å². The van der Waals surface area contributed by atoms with Gasteiger partial charge in [0.25, 0.3) is 5.91 Å². The van der Waals surface area contributed by atoms with Crippen molar-refractivity contribution in [2.24, 2.45) is 0 Å². The molecular formula is C25H32Cl2N2O3. The van der Waals surface area contributed by atoms with E-state index in [1.54, 1.807) is 25.1 Å². The Morgan fingerprint density at radius 2 is 1.78 bits per heavy atom. The predicted octanol–water partition coefficient (Wildman–Crippen LogP) is 5.63. The van der Waals surface area contributed by atoms with Crippen LogP contribution in [-0.4, -0.2) is 35.4 Å². The first-order chi connectivity index (χ1) is 15.0. The number of halogens is 2. The standard InChI is InChI=1S/C25H32Cl2N2O3/c1-7-17(4)28-25(31)19(6)29(13-20-8-9-21(26)12-22(20)27)24(30)14-32-23-11-15(2)10-16(3)18(23)5/h8-12,17,19H,7,13-14H2,1-6H3,(H,28,31)/t17-,19-/m1/s1. The normalized spacial score (nSPS) is 12.8. The highest BCUT2D eigenvalue weighted by molar-refractivity contribution is 6.35. The minimum absolute atomic E-state index is 0.00944. The van der Waals surface area contributed by atoms with Crippen molar-refractivity contribution in [3.8, 4) is 5.75 Å². The van der Waals surface area contributed by atoms with E-state index in [1.807, 2.05) is 40.7 Å². The summed E-state index contributed by atoms with van der Waals surface area (Å²) in [6.07, 6.45) is 0.796. The molecule has 0 aliphatic heterocycles. The number of hydrogen-bond donors (Lipinski definition) is 1. The van der Waals surface area contributed by atoms with Crippen molar-refractivity contribution in [1.29, 1.82) is 0 Å². The fourth-order valence-electron chi connectivity index (χ4n) is 3.25. The maximum absolute atomic E-state index is 13.2. The van der Waals surface area contributed by atoms with E-state index in [2.05, 4.69) is 11.4 Å². The second kappa shape index (κ2) is 11.6. The highest BCUT2D eigenvalue weighted by Gasteiger charge is 2.28. The molecule has 2 aromatic rings. The molecule has 1 N–H and O–H groups in total. The summed E-state index contributed by atoms with van der Waals surface area (Å²) >= 11 is 12.4. The molecule has 0 aliphatic carbocycles. The summed E-state index contributed by atoms with van der Waals surface area (Å²) in [4.78, 5) is 27.5. The van der Waals surface area contributed by atoms with Crippen molar-refractivity contribution in [3.05, 3.63) is 62.6 Å². The van der Waals surface area contributed by atoms with Gasteiger partial charge in [-0.3, -0.25) is 9.59 Å². The molecule has 32 heavy (non-hydrogen) atoms. The zero-order chi connectivity index (χ0) is 24.0. The highest BCUT2D eigenvalue weighted by atomic mass is 35.5. The summed E-state index contributed by atoms with van der Waals surface area (Å²) in [5, 5.41) is 3.89. The van der Waals surface area contributed by atoms with Gasteiger partial charge in [-0.2, -0.15) is 0 Å². The highest BCUT2D eigenvalue weighted by Crippen LogP contribution is 2.25. The molecular weight excluding hydrogens is 447 g/mol. The minimum atomic E-state index is -0.702. The van der Waals surface area contributed by atoms with Crippen molar-refractivity contribution >= 4 is 35.0 Å². The van der Waals surface area contributed by atoms with E-state index in [-0.39, 0.29) is 31.0 Å². The Balaban J connectivity index is 2.26. The predicted molar refractivity (Wildman–Crippen MR) is 131 cm³/mol. The number of benzene rings is 2. The Labute approximate surface area is 201 Å². The summed E-state index contributed by atoms with van der Waals surface area (Å²) in [6.45, 7) is 11.6. The van der Waals surface area contributed by atoms with Crippen LogP contribution in [0.1, 0.15) is 49.4 Å². The van der Waals surface area contributed by atoms with Gasteiger partial charge in [0, 0.05) is 22.6 Å². The Hall–Kier alpha value is -2.24. The summed E-state index contributed by atoms with van der Waals surface area (Å²) in [6, 6.07) is 8.39. The Bertz CT molecular complexity index is 978. The van der Waals surface area contributed by atoms with Gasteiger partial charge in [0.2, 0.25) is 5.91 Å². The molecule has 0 fully saturated rings. The average molecular weight is 479 g/mol. The van der Waals surface area contributed by atoms with Crippen LogP contribution in [0.4, 0.5) is 0 Å². The van der Waals surface area contributed by atoms with Gasteiger partial charge in [-0.05, 0) is 81.5 Å². The zero-order valence-corrected chi connectivity index (χ0v) is 21.1. The Morgan fingerprint density at radius 3 is 2.41 bits per heavy atom. The zero-order valence-electron chi connectivity index (χ0n) is 19.6. The molecule has 0 spiro atoms. The van der Waals surface area contributed by atoms with Crippen LogP contribution in [0.25, 0.3) is 0 Å². The molecule has 2 aromatic carbocycles. The van der Waals surface area contributed by atoms with E-state index in [9.17, 15) is 9.59 Å². The van der Waals surface area contributed by atoms with E-state index < -0.39 is 6.04 Å². The Morgan fingerprint density at radius 1 is 1.09 bits per heavy atom. The summed E-state index contributed by atoms with van der Waals surface area (Å²) in [5.41, 5.74) is 3.84. The lowest BCUT2D eigenvalue weighted by Crippen LogP contribution is -2.50. The van der Waals surface area contributed by atoms with Crippen molar-refractivity contribution in [2.45, 2.75) is 66.6 Å². The van der Waals surface area contributed by atoms with Crippen LogP contribution in [-0.2, 0) is 16.1 Å². The number of nitrogens with one attached hydrogen (secondary N) is 1. The van der Waals surface area contributed by atoms with Crippen molar-refractivity contribution in [2.75, 3.05) is 6.61 Å². The lowest BCUT2D eigenvalue weighted by Gasteiger charge is -2.30. The molecule has 7 heteroatoms. The first-order valence-corrected chi connectivity index (χ1v) is 11.5. The molecule has 174 valence electrons. The van der Waals surface area contributed by atoms with Gasteiger partial charge >= 0.3 is 0 Å². The number of carbonyl (C=O) groups excluding carboxylic acids is 2. The Kier molecular flexibility index (Phi) is 9.41. The summed E-state index contributed by atoms with van der Waals surface area (Å²) in [5.74, 6) is 0.138. The van der Waals surface area contributed by atoms with Crippen LogP contribution in [0.15, 0.2) is 30.3 Å². The lowest BCUT2D eigenvalue weighted by molar-refractivity contribution is -0.142. The first-order valence-electron chi connectivity index (χ1n) is 10.8. The molecule has 0 aliphatic rings. The van der Waals surface area contributed by atoms with Crippen LogP contribution >= 0.6 is 23.2 Å². The van der Waals surface area contributed by atoms with Crippen molar-refractivity contribution in [3.63, 3.8) is 0 Å². The molecule has 0 heterocycles. The van der Waals surface area contributed by atoms with Crippen molar-refractivity contribution < 1.29 is 14.3 Å². The number of rotatable bonds is 9. The van der Waals surface area contributed by atoms with Gasteiger partial charge in [0.15, 0.2) is 6.61 Å². The third-order valence-corrected chi connectivity index (χ3v) is 6.23. The van der Waals surface area contributed by atoms with Crippen LogP contribution < -0.4 is 10.1 Å². The molecule has 2 atom stereocenters. The van der Waals surface area contributed by atoms with Gasteiger partial charge in [-0.15, -0.1) is 0 Å². The lowest BCUT2D eigenvalue weighted by atomic mass is 10.1. The smallest absolute Gasteiger partial charge is 0.261 e. The first kappa shape index (κ1) is 26.0. The van der Waals surface area contributed by atoms with Gasteiger partial charge in [-0.25, -0.2) is 0 Å². The molecule has 5 nitrogen and oxygen atoms in total. The van der Waals surface area contributed by atoms with Crippen LogP contribution in [0, 0.1) is 20.8 Å². The SMILES string of the molecule is CC[C@@H](C)NC(=O)[C@@H](C)N(Cc1ccc(Cl)cc1Cl)C(=O)COc1cc(C)cc(C)c1C. The molecule has 0 radical (unpaired) electrons. The van der Waals surface area contributed by atoms with E-state index in [0.29, 0.717) is 21.4 Å². The summed E-state index contributed by atoms with van der Waals surface area (Å²) in [7, 11) is 0. The second-order valence-electron chi connectivity index (χ2n) is 8.24. The van der Waals surface area contributed by atoms with Gasteiger partial charge in [-0.1, -0.05) is 42.3 Å². The fourth-order valence-corrected chi connectivity index (χ4v) is 3.72. The average Bonchev–Trinajstić information content (AvgIpc) is 2.73. The molecule has 0 aromatic heterocycles. The molecule has 0 unspecified atom stereocenters. The van der Waals surface area contributed by atoms with Gasteiger partial charge in [0.1, 0.15) is 11.8 Å². The van der Waals surface area contributed by atoms with E-state index in [1.165, 1.54) is 4.90 Å². The largest absolute Gasteiger partial charge is 0.483 e. The maximum atomic E-state index is 13.2. The fraction of sp³-hybridized carbons (Fsp3) is 0.440. The molecule has 0 saturated carbocycles. The van der Waals surface area contributed by atoms with Gasteiger partial charge in [0.05, 0.1) is 0 Å². The van der Waals surface area contributed by atoms with Crippen LogP contribution in [0.3, 0.4) is 0 Å². The number of amides is 2. The topological polar surface area (TPSA) is 58.6 Å². The maximum Gasteiger partial charge on any atom is 0.261 e.